The van der Waals surface area contributed by atoms with Crippen molar-refractivity contribution in [1.82, 2.24) is 9.97 Å². The normalized spacial score (nSPS) is 10.6. The number of benzene rings is 1. The number of para-hydroxylation sites is 1. The van der Waals surface area contributed by atoms with Crippen molar-refractivity contribution in [3.05, 3.63) is 59.9 Å². The number of aromatic nitrogens is 2. The molecule has 5 nitrogen and oxygen atoms in total. The third-order valence-electron chi connectivity index (χ3n) is 3.57. The van der Waals surface area contributed by atoms with Gasteiger partial charge in [-0.2, -0.15) is 0 Å². The maximum Gasteiger partial charge on any atom is 0.341 e. The third-order valence-corrected chi connectivity index (χ3v) is 3.57. The van der Waals surface area contributed by atoms with Gasteiger partial charge in [-0.25, -0.2) is 14.8 Å². The summed E-state index contributed by atoms with van der Waals surface area (Å²) < 4.78 is 5.29. The molecule has 3 rings (SSSR count). The first-order chi connectivity index (χ1) is 11.7. The SMILES string of the molecule is CCCOC(=O)c1cnc2nc(C)ccc2c1Nc1ccccc1. The molecule has 0 saturated heterocycles. The fourth-order valence-electron chi connectivity index (χ4n) is 2.40. The third kappa shape index (κ3) is 3.35. The van der Waals surface area contributed by atoms with E-state index >= 15 is 0 Å². The van der Waals surface area contributed by atoms with Crippen LogP contribution in [0.2, 0.25) is 0 Å². The first kappa shape index (κ1) is 15.9. The van der Waals surface area contributed by atoms with Crippen molar-refractivity contribution in [3.63, 3.8) is 0 Å². The number of hydrogen-bond acceptors (Lipinski definition) is 5. The topological polar surface area (TPSA) is 64.1 Å². The first-order valence-corrected chi connectivity index (χ1v) is 7.94. The molecule has 0 aliphatic rings. The number of esters is 1. The molecule has 0 amide bonds. The number of pyridine rings is 2. The van der Waals surface area contributed by atoms with Crippen LogP contribution in [0.3, 0.4) is 0 Å². The van der Waals surface area contributed by atoms with Crippen LogP contribution in [0.5, 0.6) is 0 Å². The minimum Gasteiger partial charge on any atom is -0.462 e. The Kier molecular flexibility index (Phi) is 4.70. The number of aryl methyl sites for hydroxylation is 1. The molecule has 1 aromatic carbocycles. The van der Waals surface area contributed by atoms with Crippen molar-refractivity contribution in [1.29, 1.82) is 0 Å². The Morgan fingerprint density at radius 1 is 1.17 bits per heavy atom. The number of nitrogens with one attached hydrogen (secondary N) is 1. The number of fused-ring (bicyclic) bond motifs is 1. The van der Waals surface area contributed by atoms with Crippen LogP contribution in [0.1, 0.15) is 29.4 Å². The second kappa shape index (κ2) is 7.08. The molecule has 1 N–H and O–H groups in total. The molecule has 0 atom stereocenters. The smallest absolute Gasteiger partial charge is 0.341 e. The molecule has 5 heteroatoms. The second-order valence-electron chi connectivity index (χ2n) is 5.50. The number of hydrogen-bond donors (Lipinski definition) is 1. The van der Waals surface area contributed by atoms with E-state index in [1.807, 2.05) is 56.3 Å². The van der Waals surface area contributed by atoms with Crippen LogP contribution in [-0.4, -0.2) is 22.5 Å². The van der Waals surface area contributed by atoms with Crippen LogP contribution in [-0.2, 0) is 4.74 Å². The predicted molar refractivity (Wildman–Crippen MR) is 94.6 cm³/mol. The largest absolute Gasteiger partial charge is 0.462 e. The molecule has 0 aliphatic heterocycles. The zero-order valence-corrected chi connectivity index (χ0v) is 13.7. The second-order valence-corrected chi connectivity index (χ2v) is 5.50. The van der Waals surface area contributed by atoms with E-state index in [1.54, 1.807) is 0 Å². The lowest BCUT2D eigenvalue weighted by Crippen LogP contribution is -2.10. The summed E-state index contributed by atoms with van der Waals surface area (Å²) >= 11 is 0. The van der Waals surface area contributed by atoms with Crippen LogP contribution in [0.15, 0.2) is 48.7 Å². The minimum absolute atomic E-state index is 0.383. The van der Waals surface area contributed by atoms with Gasteiger partial charge in [0.25, 0.3) is 0 Å². The van der Waals surface area contributed by atoms with E-state index in [1.165, 1.54) is 6.20 Å². The van der Waals surface area contributed by atoms with Crippen LogP contribution in [0, 0.1) is 6.92 Å². The Labute approximate surface area is 140 Å². The molecule has 0 aliphatic carbocycles. The zero-order chi connectivity index (χ0) is 16.9. The quantitative estimate of drug-likeness (QED) is 0.712. The lowest BCUT2D eigenvalue weighted by molar-refractivity contribution is 0.0506. The van der Waals surface area contributed by atoms with Crippen LogP contribution in [0.4, 0.5) is 11.4 Å². The molecule has 0 bridgehead atoms. The van der Waals surface area contributed by atoms with E-state index in [0.29, 0.717) is 23.5 Å². The van der Waals surface area contributed by atoms with Crippen molar-refractivity contribution in [2.45, 2.75) is 20.3 Å². The molecule has 0 saturated carbocycles. The highest BCUT2D eigenvalue weighted by Crippen LogP contribution is 2.29. The van der Waals surface area contributed by atoms with Gasteiger partial charge in [0.15, 0.2) is 5.65 Å². The predicted octanol–water partition coefficient (Wildman–Crippen LogP) is 4.25. The standard InChI is InChI=1S/C19H19N3O2/c1-3-11-24-19(23)16-12-20-18-15(10-9-13(2)21-18)17(16)22-14-7-5-4-6-8-14/h4-10,12H,3,11H2,1-2H3,(H,20,21,22). The van der Waals surface area contributed by atoms with Crippen molar-refractivity contribution < 1.29 is 9.53 Å². The molecule has 122 valence electrons. The van der Waals surface area contributed by atoms with Crippen molar-refractivity contribution in [3.8, 4) is 0 Å². The lowest BCUT2D eigenvalue weighted by atomic mass is 10.1. The number of carbonyl (C=O) groups is 1. The summed E-state index contributed by atoms with van der Waals surface area (Å²) in [6.07, 6.45) is 2.30. The van der Waals surface area contributed by atoms with Crippen LogP contribution >= 0.6 is 0 Å². The maximum absolute atomic E-state index is 12.4. The average Bonchev–Trinajstić information content (AvgIpc) is 2.60. The van der Waals surface area contributed by atoms with Gasteiger partial charge in [0, 0.05) is 23.0 Å². The number of rotatable bonds is 5. The summed E-state index contributed by atoms with van der Waals surface area (Å²) in [5, 5.41) is 4.10. The average molecular weight is 321 g/mol. The molecular weight excluding hydrogens is 302 g/mol. The van der Waals surface area contributed by atoms with Crippen molar-refractivity contribution >= 4 is 28.4 Å². The molecular formula is C19H19N3O2. The van der Waals surface area contributed by atoms with Gasteiger partial charge in [0.2, 0.25) is 0 Å². The Bertz CT molecular complexity index is 863. The number of anilines is 2. The van der Waals surface area contributed by atoms with Crippen LogP contribution in [0.25, 0.3) is 11.0 Å². The lowest BCUT2D eigenvalue weighted by Gasteiger charge is -2.14. The number of nitrogens with zero attached hydrogens (tertiary/aromatic N) is 2. The van der Waals surface area contributed by atoms with Gasteiger partial charge in [-0.05, 0) is 37.6 Å². The van der Waals surface area contributed by atoms with E-state index in [-0.39, 0.29) is 5.97 Å². The number of carbonyl (C=O) groups excluding carboxylic acids is 1. The van der Waals surface area contributed by atoms with E-state index in [4.69, 9.17) is 4.74 Å². The molecule has 2 aromatic heterocycles. The summed E-state index contributed by atoms with van der Waals surface area (Å²) in [5.74, 6) is -0.384. The Balaban J connectivity index is 2.10. The van der Waals surface area contributed by atoms with Gasteiger partial charge in [-0.3, -0.25) is 0 Å². The van der Waals surface area contributed by atoms with E-state index in [0.717, 1.165) is 23.2 Å². The molecule has 2 heterocycles. The molecule has 24 heavy (non-hydrogen) atoms. The van der Waals surface area contributed by atoms with Gasteiger partial charge in [-0.1, -0.05) is 25.1 Å². The van der Waals surface area contributed by atoms with Gasteiger partial charge in [0.1, 0.15) is 5.56 Å². The molecule has 0 radical (unpaired) electrons. The number of ether oxygens (including phenoxy) is 1. The molecule has 3 aromatic rings. The minimum atomic E-state index is -0.384. The maximum atomic E-state index is 12.4. The Hall–Kier alpha value is -2.95. The fourth-order valence-corrected chi connectivity index (χ4v) is 2.40. The van der Waals surface area contributed by atoms with Gasteiger partial charge in [0.05, 0.1) is 12.3 Å². The summed E-state index contributed by atoms with van der Waals surface area (Å²) in [5.41, 5.74) is 3.43. The summed E-state index contributed by atoms with van der Waals surface area (Å²) in [4.78, 5) is 21.2. The fraction of sp³-hybridized carbons (Fsp3) is 0.211. The summed E-state index contributed by atoms with van der Waals surface area (Å²) in [7, 11) is 0. The molecule has 0 unspecified atom stereocenters. The van der Waals surface area contributed by atoms with E-state index < -0.39 is 0 Å². The van der Waals surface area contributed by atoms with E-state index in [9.17, 15) is 4.79 Å². The Morgan fingerprint density at radius 3 is 2.71 bits per heavy atom. The van der Waals surface area contributed by atoms with E-state index in [2.05, 4.69) is 15.3 Å². The first-order valence-electron chi connectivity index (χ1n) is 7.94. The highest BCUT2D eigenvalue weighted by atomic mass is 16.5. The van der Waals surface area contributed by atoms with Crippen molar-refractivity contribution in [2.75, 3.05) is 11.9 Å². The van der Waals surface area contributed by atoms with Crippen molar-refractivity contribution in [2.24, 2.45) is 0 Å². The highest BCUT2D eigenvalue weighted by Gasteiger charge is 2.17. The molecule has 0 spiro atoms. The van der Waals surface area contributed by atoms with Gasteiger partial charge >= 0.3 is 5.97 Å². The molecule has 0 fully saturated rings. The summed E-state index contributed by atoms with van der Waals surface area (Å²) in [6, 6.07) is 13.5. The van der Waals surface area contributed by atoms with Crippen LogP contribution < -0.4 is 5.32 Å². The zero-order valence-electron chi connectivity index (χ0n) is 13.7. The Morgan fingerprint density at radius 2 is 1.96 bits per heavy atom. The highest BCUT2D eigenvalue weighted by molar-refractivity contribution is 6.05. The summed E-state index contributed by atoms with van der Waals surface area (Å²) in [6.45, 7) is 4.25. The van der Waals surface area contributed by atoms with Gasteiger partial charge in [-0.15, -0.1) is 0 Å². The van der Waals surface area contributed by atoms with Gasteiger partial charge < -0.3 is 10.1 Å². The monoisotopic (exact) mass is 321 g/mol.